The second kappa shape index (κ2) is 7.15. The summed E-state index contributed by atoms with van der Waals surface area (Å²) in [4.78, 5) is 16.5. The van der Waals surface area contributed by atoms with Crippen molar-refractivity contribution in [2.45, 2.75) is 6.92 Å². The van der Waals surface area contributed by atoms with Crippen LogP contribution in [0.5, 0.6) is 0 Å². The smallest absolute Gasteiger partial charge is 0.257 e. The van der Waals surface area contributed by atoms with Gasteiger partial charge >= 0.3 is 0 Å². The van der Waals surface area contributed by atoms with E-state index in [4.69, 9.17) is 11.6 Å². The topological polar surface area (TPSA) is 54.0 Å². The number of carbonyl (C=O) groups is 1. The van der Waals surface area contributed by atoms with Gasteiger partial charge in [0.1, 0.15) is 5.82 Å². The molecule has 4 nitrogen and oxygen atoms in total. The van der Waals surface area contributed by atoms with Gasteiger partial charge in [-0.15, -0.1) is 0 Å². The van der Waals surface area contributed by atoms with Crippen molar-refractivity contribution < 1.29 is 4.79 Å². The van der Waals surface area contributed by atoms with E-state index in [0.29, 0.717) is 22.1 Å². The van der Waals surface area contributed by atoms with Crippen LogP contribution in [-0.2, 0) is 0 Å². The molecule has 0 unspecified atom stereocenters. The zero-order chi connectivity index (χ0) is 16.9. The van der Waals surface area contributed by atoms with Crippen molar-refractivity contribution in [3.63, 3.8) is 0 Å². The molecular formula is C19H16ClN3O. The number of amides is 1. The summed E-state index contributed by atoms with van der Waals surface area (Å²) >= 11 is 6.03. The Morgan fingerprint density at radius 1 is 0.958 bits per heavy atom. The number of hydrogen-bond donors (Lipinski definition) is 2. The van der Waals surface area contributed by atoms with E-state index in [0.717, 1.165) is 5.69 Å². The number of hydrogen-bond acceptors (Lipinski definition) is 3. The fourth-order valence-corrected chi connectivity index (χ4v) is 2.39. The van der Waals surface area contributed by atoms with Crippen LogP contribution < -0.4 is 10.6 Å². The predicted molar refractivity (Wildman–Crippen MR) is 98.1 cm³/mol. The molecule has 120 valence electrons. The molecule has 1 heterocycles. The number of anilines is 3. The van der Waals surface area contributed by atoms with Crippen molar-refractivity contribution in [1.82, 2.24) is 4.98 Å². The normalized spacial score (nSPS) is 10.2. The van der Waals surface area contributed by atoms with E-state index in [1.165, 1.54) is 5.56 Å². The standard InChI is InChI=1S/C19H16ClN3O/c1-13-6-8-14(9-7-13)22-18-11-10-15(12-21-18)23-19(24)16-4-2-3-5-17(16)20/h2-12H,1H3,(H,21,22)(H,23,24). The fraction of sp³-hybridized carbons (Fsp3) is 0.0526. The molecule has 0 aliphatic rings. The van der Waals surface area contributed by atoms with Crippen molar-refractivity contribution in [2.24, 2.45) is 0 Å². The molecule has 0 saturated heterocycles. The monoisotopic (exact) mass is 337 g/mol. The highest BCUT2D eigenvalue weighted by molar-refractivity contribution is 6.34. The lowest BCUT2D eigenvalue weighted by molar-refractivity contribution is 0.102. The molecule has 5 heteroatoms. The van der Waals surface area contributed by atoms with Crippen LogP contribution in [0.15, 0.2) is 66.9 Å². The van der Waals surface area contributed by atoms with Crippen LogP contribution >= 0.6 is 11.6 Å². The van der Waals surface area contributed by atoms with Crippen molar-refractivity contribution in [1.29, 1.82) is 0 Å². The lowest BCUT2D eigenvalue weighted by atomic mass is 10.2. The first kappa shape index (κ1) is 16.0. The SMILES string of the molecule is Cc1ccc(Nc2ccc(NC(=O)c3ccccc3Cl)cn2)cc1. The van der Waals surface area contributed by atoms with Crippen LogP contribution in [-0.4, -0.2) is 10.9 Å². The number of aryl methyl sites for hydroxylation is 1. The fourth-order valence-electron chi connectivity index (χ4n) is 2.17. The Kier molecular flexibility index (Phi) is 4.77. The quantitative estimate of drug-likeness (QED) is 0.701. The van der Waals surface area contributed by atoms with Gasteiger partial charge in [-0.3, -0.25) is 4.79 Å². The van der Waals surface area contributed by atoms with Crippen molar-refractivity contribution >= 4 is 34.7 Å². The zero-order valence-corrected chi connectivity index (χ0v) is 13.8. The molecule has 0 aliphatic carbocycles. The predicted octanol–water partition coefficient (Wildman–Crippen LogP) is 5.04. The molecule has 3 aromatic rings. The van der Waals surface area contributed by atoms with E-state index < -0.39 is 0 Å². The van der Waals surface area contributed by atoms with Crippen LogP contribution in [0.4, 0.5) is 17.2 Å². The highest BCUT2D eigenvalue weighted by Crippen LogP contribution is 2.19. The third kappa shape index (κ3) is 3.91. The van der Waals surface area contributed by atoms with Crippen LogP contribution in [0.25, 0.3) is 0 Å². The Morgan fingerprint density at radius 2 is 1.67 bits per heavy atom. The number of benzene rings is 2. The summed E-state index contributed by atoms with van der Waals surface area (Å²) in [5.41, 5.74) is 3.20. The van der Waals surface area contributed by atoms with Crippen LogP contribution in [0.3, 0.4) is 0 Å². The maximum Gasteiger partial charge on any atom is 0.257 e. The van der Waals surface area contributed by atoms with Gasteiger partial charge in [0.15, 0.2) is 0 Å². The molecule has 0 bridgehead atoms. The Labute approximate surface area is 145 Å². The largest absolute Gasteiger partial charge is 0.340 e. The molecule has 0 spiro atoms. The van der Waals surface area contributed by atoms with Crippen LogP contribution in [0.2, 0.25) is 5.02 Å². The minimum atomic E-state index is -0.262. The van der Waals surface area contributed by atoms with Gasteiger partial charge in [0.05, 0.1) is 22.5 Å². The molecule has 0 fully saturated rings. The number of aromatic nitrogens is 1. The number of rotatable bonds is 4. The molecule has 24 heavy (non-hydrogen) atoms. The van der Waals surface area contributed by atoms with Crippen molar-refractivity contribution in [3.8, 4) is 0 Å². The first-order valence-corrected chi connectivity index (χ1v) is 7.85. The molecule has 0 atom stereocenters. The van der Waals surface area contributed by atoms with E-state index in [9.17, 15) is 4.79 Å². The lowest BCUT2D eigenvalue weighted by Crippen LogP contribution is -2.12. The van der Waals surface area contributed by atoms with E-state index in [1.54, 1.807) is 36.5 Å². The Bertz CT molecular complexity index is 845. The van der Waals surface area contributed by atoms with Crippen molar-refractivity contribution in [2.75, 3.05) is 10.6 Å². The summed E-state index contributed by atoms with van der Waals surface area (Å²) in [6, 6.07) is 18.6. The highest BCUT2D eigenvalue weighted by Gasteiger charge is 2.09. The number of nitrogens with one attached hydrogen (secondary N) is 2. The molecule has 0 saturated carbocycles. The number of carbonyl (C=O) groups excluding carboxylic acids is 1. The van der Waals surface area contributed by atoms with Gasteiger partial charge in [-0.2, -0.15) is 0 Å². The third-order valence-corrected chi connectivity index (χ3v) is 3.79. The minimum Gasteiger partial charge on any atom is -0.340 e. The van der Waals surface area contributed by atoms with E-state index >= 15 is 0 Å². The second-order valence-electron chi connectivity index (χ2n) is 5.36. The molecule has 1 amide bonds. The number of nitrogens with zero attached hydrogens (tertiary/aromatic N) is 1. The van der Waals surface area contributed by atoms with Crippen LogP contribution in [0.1, 0.15) is 15.9 Å². The maximum absolute atomic E-state index is 12.2. The second-order valence-corrected chi connectivity index (χ2v) is 5.76. The summed E-state index contributed by atoms with van der Waals surface area (Å²) < 4.78 is 0. The first-order valence-electron chi connectivity index (χ1n) is 7.47. The summed E-state index contributed by atoms with van der Waals surface area (Å²) in [5, 5.41) is 6.41. The summed E-state index contributed by atoms with van der Waals surface area (Å²) in [7, 11) is 0. The van der Waals surface area contributed by atoms with E-state index in [2.05, 4.69) is 15.6 Å². The van der Waals surface area contributed by atoms with Crippen molar-refractivity contribution in [3.05, 3.63) is 83.0 Å². The molecule has 0 aliphatic heterocycles. The lowest BCUT2D eigenvalue weighted by Gasteiger charge is -2.09. The van der Waals surface area contributed by atoms with E-state index in [-0.39, 0.29) is 5.91 Å². The average molecular weight is 338 g/mol. The molecule has 1 aromatic heterocycles. The Morgan fingerprint density at radius 3 is 2.33 bits per heavy atom. The third-order valence-electron chi connectivity index (χ3n) is 3.46. The highest BCUT2D eigenvalue weighted by atomic mass is 35.5. The van der Waals surface area contributed by atoms with Gasteiger partial charge in [-0.1, -0.05) is 41.4 Å². The number of pyridine rings is 1. The van der Waals surface area contributed by atoms with E-state index in [1.807, 2.05) is 37.3 Å². The maximum atomic E-state index is 12.2. The van der Waals surface area contributed by atoms with Gasteiger partial charge in [-0.25, -0.2) is 4.98 Å². The zero-order valence-electron chi connectivity index (χ0n) is 13.1. The average Bonchev–Trinajstić information content (AvgIpc) is 2.59. The summed E-state index contributed by atoms with van der Waals surface area (Å²) in [5.74, 6) is 0.441. The van der Waals surface area contributed by atoms with Gasteiger partial charge in [0.25, 0.3) is 5.91 Å². The van der Waals surface area contributed by atoms with Gasteiger partial charge in [-0.05, 0) is 43.3 Å². The molecule has 2 aromatic carbocycles. The molecule has 0 radical (unpaired) electrons. The first-order chi connectivity index (χ1) is 11.6. The van der Waals surface area contributed by atoms with Gasteiger partial charge in [0, 0.05) is 5.69 Å². The summed E-state index contributed by atoms with van der Waals surface area (Å²) in [6.07, 6.45) is 1.60. The van der Waals surface area contributed by atoms with Gasteiger partial charge in [0.2, 0.25) is 0 Å². The Hall–Kier alpha value is -2.85. The molecule has 2 N–H and O–H groups in total. The number of halogens is 1. The Balaban J connectivity index is 1.67. The van der Waals surface area contributed by atoms with Gasteiger partial charge < -0.3 is 10.6 Å². The van der Waals surface area contributed by atoms with Crippen LogP contribution in [0, 0.1) is 6.92 Å². The molecular weight excluding hydrogens is 322 g/mol. The molecule has 3 rings (SSSR count). The summed E-state index contributed by atoms with van der Waals surface area (Å²) in [6.45, 7) is 2.04. The minimum absolute atomic E-state index is 0.262.